The maximum Gasteiger partial charge on any atom is 0.238 e. The molecule has 1 saturated heterocycles. The zero-order valence-electron chi connectivity index (χ0n) is 17.0. The van der Waals surface area contributed by atoms with Crippen LogP contribution in [0.3, 0.4) is 0 Å². The van der Waals surface area contributed by atoms with Crippen LogP contribution in [0, 0.1) is 5.92 Å². The quantitative estimate of drug-likeness (QED) is 0.756. The van der Waals surface area contributed by atoms with Crippen molar-refractivity contribution in [3.63, 3.8) is 0 Å². The van der Waals surface area contributed by atoms with Crippen LogP contribution >= 0.6 is 23.2 Å². The molecular weight excluding hydrogens is 395 g/mol. The van der Waals surface area contributed by atoms with Gasteiger partial charge in [0.1, 0.15) is 5.54 Å². The molecule has 7 heteroatoms. The summed E-state index contributed by atoms with van der Waals surface area (Å²) >= 11 is 12.5. The summed E-state index contributed by atoms with van der Waals surface area (Å²) in [7, 11) is 3.99. The van der Waals surface area contributed by atoms with Gasteiger partial charge in [-0.2, -0.15) is 0 Å². The van der Waals surface area contributed by atoms with Gasteiger partial charge >= 0.3 is 0 Å². The number of anilines is 1. The van der Waals surface area contributed by atoms with Crippen molar-refractivity contribution in [3.05, 3.63) is 28.2 Å². The second kappa shape index (κ2) is 9.21. The summed E-state index contributed by atoms with van der Waals surface area (Å²) in [5.41, 5.74) is 6.41. The van der Waals surface area contributed by atoms with Crippen molar-refractivity contribution in [1.29, 1.82) is 0 Å². The summed E-state index contributed by atoms with van der Waals surface area (Å²) in [6.07, 6.45) is 5.24. The molecule has 5 nitrogen and oxygen atoms in total. The molecule has 0 radical (unpaired) electrons. The van der Waals surface area contributed by atoms with E-state index in [1.54, 1.807) is 0 Å². The van der Waals surface area contributed by atoms with Crippen LogP contribution in [0.25, 0.3) is 0 Å². The molecule has 0 spiro atoms. The minimum Gasteiger partial charge on any atom is -0.368 e. The predicted molar refractivity (Wildman–Crippen MR) is 117 cm³/mol. The van der Waals surface area contributed by atoms with Crippen molar-refractivity contribution in [1.82, 2.24) is 9.80 Å². The lowest BCUT2D eigenvalue weighted by Gasteiger charge is -2.47. The second-order valence-electron chi connectivity index (χ2n) is 8.32. The fraction of sp³-hybridized carbons (Fsp3) is 0.667. The summed E-state index contributed by atoms with van der Waals surface area (Å²) in [4.78, 5) is 19.2. The van der Waals surface area contributed by atoms with Crippen LogP contribution in [0.1, 0.15) is 32.1 Å². The zero-order chi connectivity index (χ0) is 20.3. The van der Waals surface area contributed by atoms with Crippen LogP contribution in [0.2, 0.25) is 10.0 Å². The molecule has 0 aromatic heterocycles. The number of carbonyl (C=O) groups is 1. The number of rotatable bonds is 6. The Morgan fingerprint density at radius 2 is 1.93 bits per heavy atom. The Kier molecular flexibility index (Phi) is 7.13. The molecule has 1 heterocycles. The van der Waals surface area contributed by atoms with E-state index in [2.05, 4.69) is 14.7 Å². The van der Waals surface area contributed by atoms with E-state index in [0.29, 0.717) is 16.0 Å². The van der Waals surface area contributed by atoms with Crippen LogP contribution in [-0.4, -0.2) is 68.1 Å². The van der Waals surface area contributed by atoms with Crippen LogP contribution in [0.4, 0.5) is 5.69 Å². The molecule has 0 bridgehead atoms. The molecular formula is C21H32Cl2N4O. The molecule has 1 aromatic carbocycles. The third kappa shape index (κ3) is 4.28. The number of amides is 1. The van der Waals surface area contributed by atoms with Gasteiger partial charge < -0.3 is 10.6 Å². The number of benzene rings is 1. The summed E-state index contributed by atoms with van der Waals surface area (Å²) < 4.78 is 0. The van der Waals surface area contributed by atoms with Crippen LogP contribution < -0.4 is 10.6 Å². The van der Waals surface area contributed by atoms with Crippen molar-refractivity contribution in [2.75, 3.05) is 51.7 Å². The van der Waals surface area contributed by atoms with E-state index in [4.69, 9.17) is 28.9 Å². The normalized spacial score (nSPS) is 26.6. The van der Waals surface area contributed by atoms with Crippen LogP contribution in [-0.2, 0) is 4.79 Å². The molecule has 1 aliphatic heterocycles. The Morgan fingerprint density at radius 3 is 2.57 bits per heavy atom. The smallest absolute Gasteiger partial charge is 0.238 e. The number of likely N-dealkylation sites (N-methyl/N-ethyl adjacent to an activating group) is 1. The number of halogens is 2. The number of primary amides is 1. The molecule has 2 fully saturated rings. The Balaban J connectivity index is 1.57. The Labute approximate surface area is 178 Å². The molecule has 2 atom stereocenters. The molecule has 3 rings (SSSR count). The number of nitrogens with zero attached hydrogens (tertiary/aromatic N) is 3. The van der Waals surface area contributed by atoms with Crippen molar-refractivity contribution in [2.45, 2.75) is 37.6 Å². The van der Waals surface area contributed by atoms with E-state index < -0.39 is 5.54 Å². The van der Waals surface area contributed by atoms with Gasteiger partial charge in [0.2, 0.25) is 5.91 Å². The summed E-state index contributed by atoms with van der Waals surface area (Å²) in [5, 5.41) is 1.24. The Hall–Kier alpha value is -1.01. The first-order valence-electron chi connectivity index (χ1n) is 10.2. The predicted octanol–water partition coefficient (Wildman–Crippen LogP) is 3.48. The van der Waals surface area contributed by atoms with Gasteiger partial charge in [0.05, 0.1) is 15.7 Å². The van der Waals surface area contributed by atoms with Gasteiger partial charge in [-0.1, -0.05) is 42.1 Å². The number of hydrogen-bond donors (Lipinski definition) is 1. The van der Waals surface area contributed by atoms with E-state index in [9.17, 15) is 4.79 Å². The minimum atomic E-state index is -0.492. The minimum absolute atomic E-state index is 0.164. The molecule has 1 amide bonds. The highest BCUT2D eigenvalue weighted by molar-refractivity contribution is 6.43. The fourth-order valence-corrected chi connectivity index (χ4v) is 5.45. The Bertz CT molecular complexity index is 691. The average Bonchev–Trinajstić information content (AvgIpc) is 2.69. The third-order valence-corrected chi connectivity index (χ3v) is 7.51. The highest BCUT2D eigenvalue weighted by atomic mass is 35.5. The molecule has 156 valence electrons. The SMILES string of the molecule is CN(C)C1(C(N)=O)CCCCC1CCN1CCN(c2cccc(Cl)c2Cl)CC1. The van der Waals surface area contributed by atoms with Gasteiger partial charge in [-0.3, -0.25) is 14.6 Å². The van der Waals surface area contributed by atoms with Crippen molar-refractivity contribution < 1.29 is 4.79 Å². The lowest BCUT2D eigenvalue weighted by atomic mass is 9.69. The number of hydrogen-bond acceptors (Lipinski definition) is 4. The zero-order valence-corrected chi connectivity index (χ0v) is 18.5. The van der Waals surface area contributed by atoms with Gasteiger partial charge in [-0.05, 0) is 58.0 Å². The van der Waals surface area contributed by atoms with Crippen molar-refractivity contribution >= 4 is 34.8 Å². The van der Waals surface area contributed by atoms with E-state index in [-0.39, 0.29) is 5.91 Å². The maximum absolute atomic E-state index is 12.4. The van der Waals surface area contributed by atoms with Gasteiger partial charge in [0.25, 0.3) is 0 Å². The average molecular weight is 427 g/mol. The first-order chi connectivity index (χ1) is 13.4. The van der Waals surface area contributed by atoms with Gasteiger partial charge in [0.15, 0.2) is 0 Å². The van der Waals surface area contributed by atoms with Crippen LogP contribution in [0.5, 0.6) is 0 Å². The summed E-state index contributed by atoms with van der Waals surface area (Å²) in [5.74, 6) is 0.164. The summed E-state index contributed by atoms with van der Waals surface area (Å²) in [6.45, 7) is 4.84. The lowest BCUT2D eigenvalue weighted by molar-refractivity contribution is -0.135. The monoisotopic (exact) mass is 426 g/mol. The topological polar surface area (TPSA) is 52.8 Å². The van der Waals surface area contributed by atoms with Gasteiger partial charge in [-0.25, -0.2) is 0 Å². The molecule has 1 aromatic rings. The van der Waals surface area contributed by atoms with E-state index in [1.165, 1.54) is 6.42 Å². The van der Waals surface area contributed by atoms with Crippen molar-refractivity contribution in [3.8, 4) is 0 Å². The molecule has 2 aliphatic rings. The fourth-order valence-electron chi connectivity index (χ4n) is 5.03. The largest absolute Gasteiger partial charge is 0.368 e. The first-order valence-corrected chi connectivity index (χ1v) is 11.0. The molecule has 2 N–H and O–H groups in total. The first kappa shape index (κ1) is 21.7. The third-order valence-electron chi connectivity index (χ3n) is 6.70. The van der Waals surface area contributed by atoms with E-state index >= 15 is 0 Å². The van der Waals surface area contributed by atoms with E-state index in [1.807, 2.05) is 32.3 Å². The number of nitrogens with two attached hydrogens (primary N) is 1. The van der Waals surface area contributed by atoms with Gasteiger partial charge in [0, 0.05) is 26.2 Å². The maximum atomic E-state index is 12.4. The summed E-state index contributed by atoms with van der Waals surface area (Å²) in [6, 6.07) is 5.80. The molecule has 1 saturated carbocycles. The standard InChI is InChI=1S/C21H32Cl2N4O/c1-25(2)21(20(24)28)10-4-3-6-16(21)9-11-26-12-14-27(15-13-26)18-8-5-7-17(22)19(18)23/h5,7-8,16H,3-4,6,9-15H2,1-2H3,(H2,24,28). The highest BCUT2D eigenvalue weighted by Crippen LogP contribution is 2.39. The molecule has 28 heavy (non-hydrogen) atoms. The van der Waals surface area contributed by atoms with Crippen LogP contribution in [0.15, 0.2) is 18.2 Å². The lowest BCUT2D eigenvalue weighted by Crippen LogP contribution is -2.61. The number of carbonyl (C=O) groups excluding carboxylic acids is 1. The number of piperazine rings is 1. The van der Waals surface area contributed by atoms with Crippen molar-refractivity contribution in [2.24, 2.45) is 11.7 Å². The molecule has 2 unspecified atom stereocenters. The van der Waals surface area contributed by atoms with E-state index in [0.717, 1.165) is 64.1 Å². The molecule has 1 aliphatic carbocycles. The second-order valence-corrected chi connectivity index (χ2v) is 9.10. The highest BCUT2D eigenvalue weighted by Gasteiger charge is 2.47. The Morgan fingerprint density at radius 1 is 1.21 bits per heavy atom. The van der Waals surface area contributed by atoms with Gasteiger partial charge in [-0.15, -0.1) is 0 Å².